The number of Topliss-reactive ketones (excluding diaryl/α,β-unsaturated/α-hetero) is 1. The van der Waals surface area contributed by atoms with E-state index < -0.39 is 11.9 Å². The molecule has 0 saturated heterocycles. The molecular formula is C36H67N3O12. The van der Waals surface area contributed by atoms with Gasteiger partial charge in [-0.15, -0.1) is 0 Å². The van der Waals surface area contributed by atoms with Crippen LogP contribution in [0.2, 0.25) is 0 Å². The highest BCUT2D eigenvalue weighted by Gasteiger charge is 2.04. The number of hydrogen-bond donors (Lipinski definition) is 5. The van der Waals surface area contributed by atoms with Gasteiger partial charge in [-0.3, -0.25) is 28.8 Å². The summed E-state index contributed by atoms with van der Waals surface area (Å²) in [5.74, 6) is -2.13. The molecule has 0 aliphatic heterocycles. The summed E-state index contributed by atoms with van der Waals surface area (Å²) in [7, 11) is 0. The highest BCUT2D eigenvalue weighted by Crippen LogP contribution is 2.13. The van der Waals surface area contributed by atoms with Gasteiger partial charge in [0.1, 0.15) is 19.8 Å². The van der Waals surface area contributed by atoms with Crippen molar-refractivity contribution in [1.29, 1.82) is 0 Å². The summed E-state index contributed by atoms with van der Waals surface area (Å²) in [6, 6.07) is 0. The Morgan fingerprint density at radius 2 is 0.863 bits per heavy atom. The lowest BCUT2D eigenvalue weighted by Crippen LogP contribution is -2.31. The van der Waals surface area contributed by atoms with Gasteiger partial charge in [-0.2, -0.15) is 0 Å². The smallest absolute Gasteiger partial charge is 0.322 e. The molecule has 0 aliphatic rings. The van der Waals surface area contributed by atoms with Crippen molar-refractivity contribution in [2.75, 3.05) is 72.5 Å². The molecule has 15 nitrogen and oxygen atoms in total. The fraction of sp³-hybridized carbons (Fsp3) is 0.833. The molecule has 0 bridgehead atoms. The third-order valence-electron chi connectivity index (χ3n) is 7.22. The Hall–Kier alpha value is -3.14. The van der Waals surface area contributed by atoms with Crippen LogP contribution < -0.4 is 16.0 Å². The number of hydrogen-bond acceptors (Lipinski definition) is 10. The van der Waals surface area contributed by atoms with E-state index >= 15 is 0 Å². The van der Waals surface area contributed by atoms with Gasteiger partial charge >= 0.3 is 11.9 Å². The number of carbonyl (C=O) groups excluding carboxylic acids is 4. The predicted octanol–water partition coefficient (Wildman–Crippen LogP) is 3.80. The van der Waals surface area contributed by atoms with Gasteiger partial charge in [-0.1, -0.05) is 84.0 Å². The minimum Gasteiger partial charge on any atom is -0.481 e. The molecule has 0 aromatic heterocycles. The Morgan fingerprint density at radius 1 is 0.451 bits per heavy atom. The number of carboxylic acid groups (broad SMARTS) is 2. The summed E-state index contributed by atoms with van der Waals surface area (Å²) in [5, 5.41) is 24.7. The van der Waals surface area contributed by atoms with E-state index in [1.807, 2.05) is 0 Å². The van der Waals surface area contributed by atoms with Crippen LogP contribution in [-0.4, -0.2) is 118 Å². The lowest BCUT2D eigenvalue weighted by molar-refractivity contribution is -0.138. The van der Waals surface area contributed by atoms with E-state index in [0.717, 1.165) is 38.5 Å². The summed E-state index contributed by atoms with van der Waals surface area (Å²) >= 11 is 0. The van der Waals surface area contributed by atoms with Crippen molar-refractivity contribution >= 4 is 35.4 Å². The first-order valence-electron chi connectivity index (χ1n) is 18.6. The first-order valence-corrected chi connectivity index (χ1v) is 18.6. The van der Waals surface area contributed by atoms with Crippen molar-refractivity contribution in [2.24, 2.45) is 0 Å². The number of aliphatic carboxylic acids is 2. The van der Waals surface area contributed by atoms with E-state index in [1.54, 1.807) is 6.92 Å². The van der Waals surface area contributed by atoms with Crippen LogP contribution >= 0.6 is 0 Å². The van der Waals surface area contributed by atoms with E-state index in [-0.39, 0.29) is 43.3 Å². The zero-order valence-corrected chi connectivity index (χ0v) is 31.3. The molecule has 0 heterocycles. The van der Waals surface area contributed by atoms with Crippen LogP contribution in [0.25, 0.3) is 0 Å². The normalized spacial score (nSPS) is 10.5. The largest absolute Gasteiger partial charge is 0.481 e. The Bertz CT molecular complexity index is 905. The van der Waals surface area contributed by atoms with Crippen molar-refractivity contribution in [3.05, 3.63) is 0 Å². The summed E-state index contributed by atoms with van der Waals surface area (Å²) in [6.45, 7) is 6.00. The number of nitrogens with one attached hydrogen (secondary N) is 3. The molecule has 0 atom stereocenters. The lowest BCUT2D eigenvalue weighted by Gasteiger charge is -2.08. The van der Waals surface area contributed by atoms with Crippen LogP contribution in [0.3, 0.4) is 0 Å². The second-order valence-electron chi connectivity index (χ2n) is 12.1. The average molecular weight is 734 g/mol. The van der Waals surface area contributed by atoms with Gasteiger partial charge in [-0.05, 0) is 19.8 Å². The van der Waals surface area contributed by atoms with Crippen molar-refractivity contribution < 1.29 is 57.9 Å². The average Bonchev–Trinajstić information content (AvgIpc) is 3.09. The van der Waals surface area contributed by atoms with Crippen LogP contribution in [0.15, 0.2) is 0 Å². The molecule has 0 radical (unpaired) electrons. The van der Waals surface area contributed by atoms with Gasteiger partial charge < -0.3 is 45.1 Å². The van der Waals surface area contributed by atoms with Crippen molar-refractivity contribution in [3.8, 4) is 0 Å². The molecule has 15 heteroatoms. The summed E-state index contributed by atoms with van der Waals surface area (Å²) in [4.78, 5) is 65.0. The fourth-order valence-electron chi connectivity index (χ4n) is 4.47. The second kappa shape index (κ2) is 39.6. The molecule has 0 aromatic carbocycles. The van der Waals surface area contributed by atoms with Crippen LogP contribution in [0.1, 0.15) is 123 Å². The SMILES string of the molecule is CCC(=O)NCCOCCOCC(=O)NCCOCCOCC(C)=O.O=C(O)CCCCCCCCCCCCCCCCC(=O)NCC(=O)O. The molecule has 298 valence electrons. The lowest BCUT2D eigenvalue weighted by atomic mass is 10.0. The van der Waals surface area contributed by atoms with Crippen LogP contribution in [0, 0.1) is 0 Å². The molecular weight excluding hydrogens is 666 g/mol. The number of rotatable bonds is 36. The predicted molar refractivity (Wildman–Crippen MR) is 192 cm³/mol. The maximum atomic E-state index is 11.5. The first-order chi connectivity index (χ1) is 24.6. The molecule has 0 saturated carbocycles. The minimum absolute atomic E-state index is 0.0101. The Balaban J connectivity index is 0. The zero-order chi connectivity index (χ0) is 38.2. The van der Waals surface area contributed by atoms with Crippen molar-refractivity contribution in [2.45, 2.75) is 123 Å². The van der Waals surface area contributed by atoms with E-state index in [2.05, 4.69) is 16.0 Å². The summed E-state index contributed by atoms with van der Waals surface area (Å²) in [6.07, 6.45) is 17.3. The third-order valence-corrected chi connectivity index (χ3v) is 7.22. The van der Waals surface area contributed by atoms with E-state index in [4.69, 9.17) is 29.2 Å². The summed E-state index contributed by atoms with van der Waals surface area (Å²) in [5.41, 5.74) is 0. The van der Waals surface area contributed by atoms with Crippen molar-refractivity contribution in [3.63, 3.8) is 0 Å². The van der Waals surface area contributed by atoms with Crippen LogP contribution in [0.4, 0.5) is 0 Å². The molecule has 5 N–H and O–H groups in total. The third kappa shape index (κ3) is 46.9. The number of amides is 3. The Labute approximate surface area is 304 Å². The maximum Gasteiger partial charge on any atom is 0.322 e. The summed E-state index contributed by atoms with van der Waals surface area (Å²) < 4.78 is 20.7. The molecule has 0 unspecified atom stereocenters. The number of ether oxygens (including phenoxy) is 4. The maximum absolute atomic E-state index is 11.5. The molecule has 3 amide bonds. The number of unbranched alkanes of at least 4 members (excludes halogenated alkanes) is 13. The van der Waals surface area contributed by atoms with Gasteiger partial charge in [0.2, 0.25) is 17.7 Å². The highest BCUT2D eigenvalue weighted by molar-refractivity contribution is 5.81. The minimum atomic E-state index is -1.01. The van der Waals surface area contributed by atoms with Crippen LogP contribution in [-0.2, 0) is 47.7 Å². The zero-order valence-electron chi connectivity index (χ0n) is 31.3. The fourth-order valence-corrected chi connectivity index (χ4v) is 4.47. The molecule has 0 aliphatic carbocycles. The molecule has 51 heavy (non-hydrogen) atoms. The molecule has 0 rings (SSSR count). The van der Waals surface area contributed by atoms with E-state index in [0.29, 0.717) is 72.0 Å². The van der Waals surface area contributed by atoms with Crippen LogP contribution in [0.5, 0.6) is 0 Å². The highest BCUT2D eigenvalue weighted by atomic mass is 16.5. The Kier molecular flexibility index (Phi) is 38.8. The molecule has 0 fully saturated rings. The quantitative estimate of drug-likeness (QED) is 0.0582. The molecule has 0 aromatic rings. The van der Waals surface area contributed by atoms with E-state index in [1.165, 1.54) is 58.3 Å². The van der Waals surface area contributed by atoms with Gasteiger partial charge in [0.05, 0.1) is 39.6 Å². The van der Waals surface area contributed by atoms with Gasteiger partial charge in [0.15, 0.2) is 5.78 Å². The Morgan fingerprint density at radius 3 is 1.29 bits per heavy atom. The van der Waals surface area contributed by atoms with Gasteiger partial charge in [0.25, 0.3) is 0 Å². The number of ketones is 1. The monoisotopic (exact) mass is 733 g/mol. The standard InChI is InChI=1S/C20H37NO5.C16H30N2O7/c22-18(21-17-20(25)26)15-13-11-9-7-5-3-1-2-4-6-8-10-12-14-16-19(23)24;1-3-15(20)17-4-6-22-9-11-25-13-16(21)18-5-7-23-8-10-24-12-14(2)19/h1-17H2,(H,21,22)(H,23,24)(H,25,26);3-13H2,1-2H3,(H,17,20)(H,18,21). The second-order valence-corrected chi connectivity index (χ2v) is 12.1. The first kappa shape index (κ1) is 50.0. The van der Waals surface area contributed by atoms with Gasteiger partial charge in [0, 0.05) is 32.4 Å². The van der Waals surface area contributed by atoms with Crippen molar-refractivity contribution in [1.82, 2.24) is 16.0 Å². The van der Waals surface area contributed by atoms with Gasteiger partial charge in [-0.25, -0.2) is 0 Å². The molecule has 0 spiro atoms. The number of carbonyl (C=O) groups is 6. The topological polar surface area (TPSA) is 216 Å². The number of carboxylic acids is 2. The van der Waals surface area contributed by atoms with E-state index in [9.17, 15) is 28.8 Å².